The highest BCUT2D eigenvalue weighted by Crippen LogP contribution is 2.16. The highest BCUT2D eigenvalue weighted by molar-refractivity contribution is 5.78. The molecule has 6 nitrogen and oxygen atoms in total. The van der Waals surface area contributed by atoms with Crippen LogP contribution in [-0.2, 0) is 11.3 Å². The van der Waals surface area contributed by atoms with Crippen molar-refractivity contribution in [2.45, 2.75) is 13.5 Å². The summed E-state index contributed by atoms with van der Waals surface area (Å²) in [4.78, 5) is 20.2. The first-order chi connectivity index (χ1) is 9.56. The lowest BCUT2D eigenvalue weighted by Gasteiger charge is -2.29. The molecule has 1 amide bonds. The van der Waals surface area contributed by atoms with Gasteiger partial charge in [-0.05, 0) is 26.1 Å². The van der Waals surface area contributed by atoms with Crippen LogP contribution in [0.5, 0.6) is 5.75 Å². The topological polar surface area (TPSA) is 68.7 Å². The second-order valence-corrected chi connectivity index (χ2v) is 5.22. The number of nitrogens with zero attached hydrogens (tertiary/aromatic N) is 3. The molecule has 1 aliphatic heterocycles. The fraction of sp³-hybridized carbons (Fsp3) is 0.571. The Balaban J connectivity index is 1.89. The Morgan fingerprint density at radius 3 is 2.85 bits per heavy atom. The number of nitrogens with one attached hydrogen (secondary N) is 1. The molecule has 0 bridgehead atoms. The molecule has 0 atom stereocenters. The van der Waals surface area contributed by atoms with Gasteiger partial charge in [0.15, 0.2) is 0 Å². The number of aryl methyl sites for hydroxylation is 1. The number of aromatic nitrogens is 1. The third-order valence-electron chi connectivity index (χ3n) is 3.38. The molecule has 0 aromatic carbocycles. The highest BCUT2D eigenvalue weighted by atomic mass is 16.3. The van der Waals surface area contributed by atoms with E-state index in [1.54, 1.807) is 12.1 Å². The van der Waals surface area contributed by atoms with Crippen LogP contribution in [-0.4, -0.2) is 65.6 Å². The molecule has 2 heterocycles. The standard InChI is InChI=1S/C14H22N4O2/c1-11-3-4-13(19)12(16-11)9-17(2)10-14(20)18-7-5-15-6-8-18/h3-4,15,19H,5-10H2,1-2H3. The monoisotopic (exact) mass is 278 g/mol. The molecule has 1 aliphatic rings. The van der Waals surface area contributed by atoms with Gasteiger partial charge in [0.25, 0.3) is 0 Å². The minimum absolute atomic E-state index is 0.126. The van der Waals surface area contributed by atoms with Crippen LogP contribution in [0.3, 0.4) is 0 Å². The van der Waals surface area contributed by atoms with Crippen LogP contribution in [0, 0.1) is 6.92 Å². The van der Waals surface area contributed by atoms with E-state index >= 15 is 0 Å². The van der Waals surface area contributed by atoms with E-state index in [0.29, 0.717) is 18.8 Å². The molecule has 1 aromatic rings. The smallest absolute Gasteiger partial charge is 0.236 e. The van der Waals surface area contributed by atoms with Crippen LogP contribution in [0.25, 0.3) is 0 Å². The summed E-state index contributed by atoms with van der Waals surface area (Å²) in [5.41, 5.74) is 1.47. The van der Waals surface area contributed by atoms with Crippen molar-refractivity contribution in [2.24, 2.45) is 0 Å². The number of amides is 1. The number of carbonyl (C=O) groups excluding carboxylic acids is 1. The average molecular weight is 278 g/mol. The predicted molar refractivity (Wildman–Crippen MR) is 76.4 cm³/mol. The molecule has 0 saturated carbocycles. The number of pyridine rings is 1. The second kappa shape index (κ2) is 6.67. The van der Waals surface area contributed by atoms with Crippen molar-refractivity contribution >= 4 is 5.91 Å². The van der Waals surface area contributed by atoms with Gasteiger partial charge in [0.1, 0.15) is 5.75 Å². The Morgan fingerprint density at radius 1 is 1.45 bits per heavy atom. The van der Waals surface area contributed by atoms with Gasteiger partial charge in [0.05, 0.1) is 12.2 Å². The number of carbonyl (C=O) groups is 1. The normalized spacial score (nSPS) is 15.7. The first kappa shape index (κ1) is 14.7. The van der Waals surface area contributed by atoms with E-state index in [2.05, 4.69) is 10.3 Å². The molecule has 110 valence electrons. The van der Waals surface area contributed by atoms with Crippen molar-refractivity contribution in [3.05, 3.63) is 23.5 Å². The number of aromatic hydroxyl groups is 1. The van der Waals surface area contributed by atoms with Crippen molar-refractivity contribution in [2.75, 3.05) is 39.8 Å². The second-order valence-electron chi connectivity index (χ2n) is 5.22. The van der Waals surface area contributed by atoms with Gasteiger partial charge in [-0.2, -0.15) is 0 Å². The zero-order chi connectivity index (χ0) is 14.5. The predicted octanol–water partition coefficient (Wildman–Crippen LogP) is -0.0408. The summed E-state index contributed by atoms with van der Waals surface area (Å²) in [7, 11) is 1.86. The summed E-state index contributed by atoms with van der Waals surface area (Å²) >= 11 is 0. The van der Waals surface area contributed by atoms with Crippen LogP contribution < -0.4 is 5.32 Å². The average Bonchev–Trinajstić information content (AvgIpc) is 2.43. The molecule has 1 aromatic heterocycles. The lowest BCUT2D eigenvalue weighted by Crippen LogP contribution is -2.49. The Bertz CT molecular complexity index is 472. The van der Waals surface area contributed by atoms with Gasteiger partial charge in [-0.15, -0.1) is 0 Å². The van der Waals surface area contributed by atoms with Crippen molar-refractivity contribution in [1.29, 1.82) is 0 Å². The highest BCUT2D eigenvalue weighted by Gasteiger charge is 2.18. The molecule has 1 fully saturated rings. The molecule has 2 rings (SSSR count). The SMILES string of the molecule is Cc1ccc(O)c(CN(C)CC(=O)N2CCNCC2)n1. The summed E-state index contributed by atoms with van der Waals surface area (Å²) in [5, 5.41) is 13.0. The zero-order valence-corrected chi connectivity index (χ0v) is 12.1. The van der Waals surface area contributed by atoms with Crippen LogP contribution >= 0.6 is 0 Å². The number of rotatable bonds is 4. The van der Waals surface area contributed by atoms with E-state index < -0.39 is 0 Å². The van der Waals surface area contributed by atoms with E-state index in [-0.39, 0.29) is 11.7 Å². The number of piperazine rings is 1. The van der Waals surface area contributed by atoms with Crippen molar-refractivity contribution < 1.29 is 9.90 Å². The lowest BCUT2D eigenvalue weighted by atomic mass is 10.2. The van der Waals surface area contributed by atoms with Gasteiger partial charge in [-0.3, -0.25) is 14.7 Å². The minimum atomic E-state index is 0.126. The van der Waals surface area contributed by atoms with Crippen molar-refractivity contribution in [3.63, 3.8) is 0 Å². The number of likely N-dealkylation sites (N-methyl/N-ethyl adjacent to an activating group) is 1. The Labute approximate surface area is 119 Å². The summed E-state index contributed by atoms with van der Waals surface area (Å²) in [6.45, 7) is 5.93. The Morgan fingerprint density at radius 2 is 2.15 bits per heavy atom. The van der Waals surface area contributed by atoms with Gasteiger partial charge in [-0.1, -0.05) is 0 Å². The Kier molecular flexibility index (Phi) is 4.92. The third kappa shape index (κ3) is 3.91. The molecule has 0 unspecified atom stereocenters. The first-order valence-corrected chi connectivity index (χ1v) is 6.89. The molecule has 0 spiro atoms. The molecular formula is C14H22N4O2. The van der Waals surface area contributed by atoms with Crippen molar-refractivity contribution in [3.8, 4) is 5.75 Å². The number of hydrogen-bond donors (Lipinski definition) is 2. The molecule has 0 aliphatic carbocycles. The third-order valence-corrected chi connectivity index (χ3v) is 3.38. The number of hydrogen-bond acceptors (Lipinski definition) is 5. The maximum atomic E-state index is 12.1. The van der Waals surface area contributed by atoms with E-state index in [0.717, 1.165) is 31.9 Å². The minimum Gasteiger partial charge on any atom is -0.506 e. The van der Waals surface area contributed by atoms with Gasteiger partial charge in [0.2, 0.25) is 5.91 Å². The van der Waals surface area contributed by atoms with Crippen LogP contribution in [0.15, 0.2) is 12.1 Å². The summed E-state index contributed by atoms with van der Waals surface area (Å²) in [6.07, 6.45) is 0. The molecule has 1 saturated heterocycles. The molecule has 20 heavy (non-hydrogen) atoms. The summed E-state index contributed by atoms with van der Waals surface area (Å²) < 4.78 is 0. The van der Waals surface area contributed by atoms with Gasteiger partial charge >= 0.3 is 0 Å². The van der Waals surface area contributed by atoms with E-state index in [1.165, 1.54) is 0 Å². The van der Waals surface area contributed by atoms with Crippen LogP contribution in [0.2, 0.25) is 0 Å². The maximum Gasteiger partial charge on any atom is 0.236 e. The van der Waals surface area contributed by atoms with Gasteiger partial charge in [-0.25, -0.2) is 0 Å². The quantitative estimate of drug-likeness (QED) is 0.809. The van der Waals surface area contributed by atoms with Gasteiger partial charge < -0.3 is 15.3 Å². The fourth-order valence-electron chi connectivity index (χ4n) is 2.28. The molecule has 2 N–H and O–H groups in total. The molecular weight excluding hydrogens is 256 g/mol. The molecule has 6 heteroatoms. The summed E-state index contributed by atoms with van der Waals surface area (Å²) in [6, 6.07) is 3.41. The van der Waals surface area contributed by atoms with Gasteiger partial charge in [0, 0.05) is 38.4 Å². The van der Waals surface area contributed by atoms with Crippen LogP contribution in [0.1, 0.15) is 11.4 Å². The first-order valence-electron chi connectivity index (χ1n) is 6.89. The Hall–Kier alpha value is -1.66. The van der Waals surface area contributed by atoms with E-state index in [4.69, 9.17) is 0 Å². The zero-order valence-electron chi connectivity index (χ0n) is 12.1. The molecule has 0 radical (unpaired) electrons. The lowest BCUT2D eigenvalue weighted by molar-refractivity contribution is -0.132. The van der Waals surface area contributed by atoms with Crippen molar-refractivity contribution in [1.82, 2.24) is 20.1 Å². The fourth-order valence-corrected chi connectivity index (χ4v) is 2.28. The van der Waals surface area contributed by atoms with E-state index in [1.807, 2.05) is 23.8 Å². The summed E-state index contributed by atoms with van der Waals surface area (Å²) in [5.74, 6) is 0.304. The largest absolute Gasteiger partial charge is 0.506 e. The van der Waals surface area contributed by atoms with Crippen LogP contribution in [0.4, 0.5) is 0 Å². The van der Waals surface area contributed by atoms with E-state index in [9.17, 15) is 9.90 Å². The maximum absolute atomic E-state index is 12.1.